The SMILES string of the molecule is COCCNC(=O)C(C)Nc1ccc(F)c(Br)c1. The summed E-state index contributed by atoms with van der Waals surface area (Å²) in [4.78, 5) is 11.7. The van der Waals surface area contributed by atoms with Crippen molar-refractivity contribution >= 4 is 27.5 Å². The van der Waals surface area contributed by atoms with Crippen LogP contribution in [-0.4, -0.2) is 32.2 Å². The predicted octanol–water partition coefficient (Wildman–Crippen LogP) is 2.15. The summed E-state index contributed by atoms with van der Waals surface area (Å²) < 4.78 is 18.2. The zero-order chi connectivity index (χ0) is 13.5. The van der Waals surface area contributed by atoms with Gasteiger partial charge < -0.3 is 15.4 Å². The van der Waals surface area contributed by atoms with E-state index in [2.05, 4.69) is 26.6 Å². The Hall–Kier alpha value is -1.14. The Bertz CT molecular complexity index is 415. The lowest BCUT2D eigenvalue weighted by Crippen LogP contribution is -2.39. The maximum absolute atomic E-state index is 13.0. The van der Waals surface area contributed by atoms with Crippen LogP contribution in [0.25, 0.3) is 0 Å². The molecule has 0 aliphatic rings. The number of anilines is 1. The highest BCUT2D eigenvalue weighted by Gasteiger charge is 2.12. The van der Waals surface area contributed by atoms with E-state index in [1.807, 2.05) is 0 Å². The highest BCUT2D eigenvalue weighted by Crippen LogP contribution is 2.20. The molecule has 2 N–H and O–H groups in total. The molecule has 0 spiro atoms. The molecule has 1 unspecified atom stereocenters. The molecule has 1 atom stereocenters. The smallest absolute Gasteiger partial charge is 0.242 e. The van der Waals surface area contributed by atoms with Gasteiger partial charge in [0, 0.05) is 19.3 Å². The van der Waals surface area contributed by atoms with Crippen LogP contribution in [0.2, 0.25) is 0 Å². The summed E-state index contributed by atoms with van der Waals surface area (Å²) in [5.74, 6) is -0.467. The quantitative estimate of drug-likeness (QED) is 0.790. The third-order valence-electron chi connectivity index (χ3n) is 2.30. The summed E-state index contributed by atoms with van der Waals surface area (Å²) in [6.07, 6.45) is 0. The van der Waals surface area contributed by atoms with Gasteiger partial charge in [0.25, 0.3) is 0 Å². The minimum Gasteiger partial charge on any atom is -0.383 e. The van der Waals surface area contributed by atoms with Crippen molar-refractivity contribution in [3.63, 3.8) is 0 Å². The van der Waals surface area contributed by atoms with Crippen LogP contribution in [0.5, 0.6) is 0 Å². The highest BCUT2D eigenvalue weighted by atomic mass is 79.9. The fourth-order valence-electron chi connectivity index (χ4n) is 1.33. The van der Waals surface area contributed by atoms with E-state index in [4.69, 9.17) is 4.74 Å². The number of rotatable bonds is 6. The van der Waals surface area contributed by atoms with Gasteiger partial charge in [0.05, 0.1) is 11.1 Å². The van der Waals surface area contributed by atoms with E-state index in [9.17, 15) is 9.18 Å². The summed E-state index contributed by atoms with van der Waals surface area (Å²) in [5.41, 5.74) is 0.678. The summed E-state index contributed by atoms with van der Waals surface area (Å²) in [6.45, 7) is 2.68. The van der Waals surface area contributed by atoms with Crippen molar-refractivity contribution in [2.75, 3.05) is 25.6 Å². The largest absolute Gasteiger partial charge is 0.383 e. The van der Waals surface area contributed by atoms with Gasteiger partial charge in [-0.05, 0) is 41.1 Å². The summed E-state index contributed by atoms with van der Waals surface area (Å²) in [7, 11) is 1.57. The van der Waals surface area contributed by atoms with Crippen molar-refractivity contribution < 1.29 is 13.9 Å². The first-order valence-electron chi connectivity index (χ1n) is 5.53. The average molecular weight is 319 g/mol. The molecule has 0 saturated carbocycles. The number of ether oxygens (including phenoxy) is 1. The predicted molar refractivity (Wildman–Crippen MR) is 72.1 cm³/mol. The molecule has 0 bridgehead atoms. The van der Waals surface area contributed by atoms with Crippen LogP contribution in [0, 0.1) is 5.82 Å². The van der Waals surface area contributed by atoms with E-state index >= 15 is 0 Å². The highest BCUT2D eigenvalue weighted by molar-refractivity contribution is 9.10. The van der Waals surface area contributed by atoms with Gasteiger partial charge in [-0.15, -0.1) is 0 Å². The first-order valence-corrected chi connectivity index (χ1v) is 6.32. The Morgan fingerprint density at radius 2 is 2.28 bits per heavy atom. The molecule has 0 aromatic heterocycles. The molecular formula is C12H16BrFN2O2. The molecule has 1 amide bonds. The van der Waals surface area contributed by atoms with Crippen LogP contribution < -0.4 is 10.6 Å². The Balaban J connectivity index is 2.50. The second-order valence-electron chi connectivity index (χ2n) is 3.78. The van der Waals surface area contributed by atoms with E-state index in [1.54, 1.807) is 26.2 Å². The summed E-state index contributed by atoms with van der Waals surface area (Å²) in [6, 6.07) is 4.11. The van der Waals surface area contributed by atoms with Crippen molar-refractivity contribution in [2.24, 2.45) is 0 Å². The molecule has 0 aliphatic carbocycles. The number of halogens is 2. The molecule has 6 heteroatoms. The van der Waals surface area contributed by atoms with Gasteiger partial charge in [-0.25, -0.2) is 4.39 Å². The topological polar surface area (TPSA) is 50.4 Å². The van der Waals surface area contributed by atoms with E-state index in [0.29, 0.717) is 23.3 Å². The lowest BCUT2D eigenvalue weighted by atomic mass is 10.2. The van der Waals surface area contributed by atoms with Crippen LogP contribution in [0.1, 0.15) is 6.92 Å². The van der Waals surface area contributed by atoms with Gasteiger partial charge in [-0.2, -0.15) is 0 Å². The number of carbonyl (C=O) groups excluding carboxylic acids is 1. The number of hydrogen-bond donors (Lipinski definition) is 2. The van der Waals surface area contributed by atoms with E-state index < -0.39 is 6.04 Å². The maximum Gasteiger partial charge on any atom is 0.242 e. The average Bonchev–Trinajstić information content (AvgIpc) is 2.34. The molecule has 0 aliphatic heterocycles. The van der Waals surface area contributed by atoms with E-state index in [-0.39, 0.29) is 11.7 Å². The molecule has 1 rings (SSSR count). The second-order valence-corrected chi connectivity index (χ2v) is 4.63. The third kappa shape index (κ3) is 4.62. The Kier molecular flexibility index (Phi) is 6.07. The van der Waals surface area contributed by atoms with Crippen LogP contribution >= 0.6 is 15.9 Å². The second kappa shape index (κ2) is 7.33. The molecule has 0 heterocycles. The first-order chi connectivity index (χ1) is 8.54. The molecule has 1 aromatic carbocycles. The zero-order valence-electron chi connectivity index (χ0n) is 10.3. The molecule has 100 valence electrons. The van der Waals surface area contributed by atoms with Crippen molar-refractivity contribution in [3.8, 4) is 0 Å². The monoisotopic (exact) mass is 318 g/mol. The van der Waals surface area contributed by atoms with Gasteiger partial charge in [0.2, 0.25) is 5.91 Å². The normalized spacial score (nSPS) is 12.0. The number of amides is 1. The van der Waals surface area contributed by atoms with Gasteiger partial charge in [0.1, 0.15) is 11.9 Å². The number of carbonyl (C=O) groups is 1. The van der Waals surface area contributed by atoms with Crippen molar-refractivity contribution in [1.29, 1.82) is 0 Å². The van der Waals surface area contributed by atoms with Gasteiger partial charge in [-0.1, -0.05) is 0 Å². The van der Waals surface area contributed by atoms with E-state index in [1.165, 1.54) is 6.07 Å². The molecule has 4 nitrogen and oxygen atoms in total. The van der Waals surface area contributed by atoms with Crippen LogP contribution in [0.4, 0.5) is 10.1 Å². The minimum absolute atomic E-state index is 0.132. The first kappa shape index (κ1) is 14.9. The molecule has 1 aromatic rings. The van der Waals surface area contributed by atoms with Gasteiger partial charge in [0.15, 0.2) is 0 Å². The lowest BCUT2D eigenvalue weighted by Gasteiger charge is -2.15. The molecular weight excluding hydrogens is 303 g/mol. The molecule has 0 radical (unpaired) electrons. The Morgan fingerprint density at radius 3 is 2.89 bits per heavy atom. The van der Waals surface area contributed by atoms with Gasteiger partial charge >= 0.3 is 0 Å². The molecule has 0 saturated heterocycles. The summed E-state index contributed by atoms with van der Waals surface area (Å²) in [5, 5.41) is 5.70. The van der Waals surface area contributed by atoms with Crippen molar-refractivity contribution in [1.82, 2.24) is 5.32 Å². The lowest BCUT2D eigenvalue weighted by molar-refractivity contribution is -0.121. The number of nitrogens with one attached hydrogen (secondary N) is 2. The fraction of sp³-hybridized carbons (Fsp3) is 0.417. The number of benzene rings is 1. The molecule has 18 heavy (non-hydrogen) atoms. The van der Waals surface area contributed by atoms with Crippen LogP contribution in [0.15, 0.2) is 22.7 Å². The zero-order valence-corrected chi connectivity index (χ0v) is 11.9. The van der Waals surface area contributed by atoms with E-state index in [0.717, 1.165) is 0 Å². The van der Waals surface area contributed by atoms with Crippen molar-refractivity contribution in [3.05, 3.63) is 28.5 Å². The number of methoxy groups -OCH3 is 1. The standard InChI is InChI=1S/C12H16BrFN2O2/c1-8(12(17)15-5-6-18-2)16-9-3-4-11(14)10(13)7-9/h3-4,7-8,16H,5-6H2,1-2H3,(H,15,17). The summed E-state index contributed by atoms with van der Waals surface area (Å²) >= 11 is 3.09. The maximum atomic E-state index is 13.0. The van der Waals surface area contributed by atoms with Crippen LogP contribution in [-0.2, 0) is 9.53 Å². The molecule has 0 fully saturated rings. The Labute approximate surface area is 114 Å². The third-order valence-corrected chi connectivity index (χ3v) is 2.91. The minimum atomic E-state index is -0.404. The van der Waals surface area contributed by atoms with Gasteiger partial charge in [-0.3, -0.25) is 4.79 Å². The van der Waals surface area contributed by atoms with Crippen molar-refractivity contribution in [2.45, 2.75) is 13.0 Å². The Morgan fingerprint density at radius 1 is 1.56 bits per heavy atom. The fourth-order valence-corrected chi connectivity index (χ4v) is 1.71. The number of hydrogen-bond acceptors (Lipinski definition) is 3. The van der Waals surface area contributed by atoms with Crippen LogP contribution in [0.3, 0.4) is 0 Å².